The Balaban J connectivity index is 1.68. The number of esters is 1. The maximum Gasteiger partial charge on any atom is 0.358 e. The smallest absolute Gasteiger partial charge is 0.358 e. The molecule has 0 fully saturated rings. The number of para-hydroxylation sites is 1. The van der Waals surface area contributed by atoms with E-state index in [0.29, 0.717) is 16.4 Å². The first kappa shape index (κ1) is 14.2. The quantitative estimate of drug-likeness (QED) is 0.685. The summed E-state index contributed by atoms with van der Waals surface area (Å²) in [7, 11) is 0. The fourth-order valence-electron chi connectivity index (χ4n) is 1.74. The third-order valence-electron chi connectivity index (χ3n) is 2.76. The molecule has 7 nitrogen and oxygen atoms in total. The molecular weight excluding hydrogens is 306 g/mol. The average Bonchev–Trinajstić information content (AvgIpc) is 3.02. The fraction of sp³-hybridized carbons (Fsp3) is 0.0714. The molecule has 110 valence electrons. The zero-order valence-corrected chi connectivity index (χ0v) is 12.0. The number of nitrogens with zero attached hydrogens (tertiary/aromatic N) is 5. The van der Waals surface area contributed by atoms with E-state index in [4.69, 9.17) is 16.3 Å². The number of aromatic nitrogens is 5. The molecule has 0 radical (unpaired) electrons. The van der Waals surface area contributed by atoms with Crippen LogP contribution in [0.1, 0.15) is 16.2 Å². The second-order valence-corrected chi connectivity index (χ2v) is 4.68. The van der Waals surface area contributed by atoms with Crippen molar-refractivity contribution in [3.05, 3.63) is 65.5 Å². The minimum Gasteiger partial charge on any atom is -0.454 e. The van der Waals surface area contributed by atoms with Crippen LogP contribution in [-0.2, 0) is 11.3 Å². The lowest BCUT2D eigenvalue weighted by Gasteiger charge is -2.02. The van der Waals surface area contributed by atoms with Gasteiger partial charge in [0.25, 0.3) is 0 Å². The molecule has 3 rings (SSSR count). The van der Waals surface area contributed by atoms with Crippen molar-refractivity contribution >= 4 is 17.6 Å². The Morgan fingerprint density at radius 2 is 2.14 bits per heavy atom. The summed E-state index contributed by atoms with van der Waals surface area (Å²) in [6.07, 6.45) is 5.88. The first-order chi connectivity index (χ1) is 10.7. The molecule has 22 heavy (non-hydrogen) atoms. The van der Waals surface area contributed by atoms with Crippen molar-refractivity contribution in [2.24, 2.45) is 0 Å². The van der Waals surface area contributed by atoms with Gasteiger partial charge in [-0.2, -0.15) is 0 Å². The predicted molar refractivity (Wildman–Crippen MR) is 77.5 cm³/mol. The number of hydrogen-bond acceptors (Lipinski definition) is 6. The summed E-state index contributed by atoms with van der Waals surface area (Å²) in [5.41, 5.74) is 1.33. The monoisotopic (exact) mass is 315 g/mol. The number of carbonyl (C=O) groups is 1. The molecule has 8 heteroatoms. The number of ether oxygens (including phenoxy) is 1. The zero-order chi connectivity index (χ0) is 15.4. The van der Waals surface area contributed by atoms with E-state index in [0.717, 1.165) is 0 Å². The molecule has 3 aromatic rings. The van der Waals surface area contributed by atoms with Gasteiger partial charge in [-0.3, -0.25) is 4.98 Å². The lowest BCUT2D eigenvalue weighted by molar-refractivity contribution is 0.0460. The summed E-state index contributed by atoms with van der Waals surface area (Å²) in [6, 6.07) is 7.24. The molecular formula is C14H10ClN5O2. The molecule has 0 spiro atoms. The summed E-state index contributed by atoms with van der Waals surface area (Å²) >= 11 is 6.09. The molecule has 0 aliphatic rings. The van der Waals surface area contributed by atoms with Crippen LogP contribution in [0.3, 0.4) is 0 Å². The fourth-order valence-corrected chi connectivity index (χ4v) is 1.96. The summed E-state index contributed by atoms with van der Waals surface area (Å²) in [6.45, 7) is -0.0140. The molecule has 0 bridgehead atoms. The van der Waals surface area contributed by atoms with E-state index < -0.39 is 5.97 Å². The minimum atomic E-state index is -0.569. The van der Waals surface area contributed by atoms with Crippen LogP contribution >= 0.6 is 11.6 Å². The van der Waals surface area contributed by atoms with Crippen molar-refractivity contribution in [1.29, 1.82) is 0 Å². The van der Waals surface area contributed by atoms with Crippen molar-refractivity contribution in [3.63, 3.8) is 0 Å². The van der Waals surface area contributed by atoms with Gasteiger partial charge in [0.2, 0.25) is 0 Å². The third kappa shape index (κ3) is 3.09. The van der Waals surface area contributed by atoms with E-state index in [-0.39, 0.29) is 12.3 Å². The molecule has 0 saturated carbocycles. The number of benzene rings is 1. The minimum absolute atomic E-state index is 0.0140. The Kier molecular flexibility index (Phi) is 4.06. The van der Waals surface area contributed by atoms with Gasteiger partial charge >= 0.3 is 5.97 Å². The van der Waals surface area contributed by atoms with E-state index in [1.54, 1.807) is 12.3 Å². The molecule has 0 N–H and O–H groups in total. The Morgan fingerprint density at radius 3 is 2.91 bits per heavy atom. The zero-order valence-electron chi connectivity index (χ0n) is 11.3. The molecule has 1 aromatic carbocycles. The Bertz CT molecular complexity index is 791. The topological polar surface area (TPSA) is 82.8 Å². The first-order valence-corrected chi connectivity index (χ1v) is 6.71. The van der Waals surface area contributed by atoms with E-state index in [1.165, 1.54) is 23.3 Å². The summed E-state index contributed by atoms with van der Waals surface area (Å²) in [5.74, 6) is -0.569. The largest absolute Gasteiger partial charge is 0.454 e. The average molecular weight is 316 g/mol. The predicted octanol–water partition coefficient (Wildman–Crippen LogP) is 2.07. The van der Waals surface area contributed by atoms with Crippen molar-refractivity contribution in [2.75, 3.05) is 0 Å². The highest BCUT2D eigenvalue weighted by molar-refractivity contribution is 6.32. The first-order valence-electron chi connectivity index (χ1n) is 6.33. The summed E-state index contributed by atoms with van der Waals surface area (Å²) in [5, 5.41) is 8.45. The summed E-state index contributed by atoms with van der Waals surface area (Å²) < 4.78 is 6.62. The van der Waals surface area contributed by atoms with Crippen molar-refractivity contribution in [1.82, 2.24) is 25.0 Å². The standard InChI is InChI=1S/C14H10ClN5O2/c15-11-3-1-2-4-13(11)20-8-10(18-19-20)9-22-14(21)12-7-16-5-6-17-12/h1-8H,9H2. The van der Waals surface area contributed by atoms with Crippen LogP contribution in [0.5, 0.6) is 0 Å². The molecule has 0 amide bonds. The van der Waals surface area contributed by atoms with E-state index >= 15 is 0 Å². The van der Waals surface area contributed by atoms with Crippen molar-refractivity contribution in [3.8, 4) is 5.69 Å². The van der Waals surface area contributed by atoms with Gasteiger partial charge in [0.1, 0.15) is 12.3 Å². The van der Waals surface area contributed by atoms with Crippen LogP contribution in [0.15, 0.2) is 49.1 Å². The van der Waals surface area contributed by atoms with Crippen molar-refractivity contribution in [2.45, 2.75) is 6.61 Å². The van der Waals surface area contributed by atoms with Gasteiger partial charge in [-0.25, -0.2) is 14.5 Å². The van der Waals surface area contributed by atoms with Crippen LogP contribution in [0, 0.1) is 0 Å². The molecule has 0 aliphatic heterocycles. The lowest BCUT2D eigenvalue weighted by atomic mass is 10.3. The highest BCUT2D eigenvalue weighted by atomic mass is 35.5. The summed E-state index contributed by atoms with van der Waals surface area (Å²) in [4.78, 5) is 19.4. The Hall–Kier alpha value is -2.80. The molecule has 0 saturated heterocycles. The molecule has 0 atom stereocenters. The second-order valence-electron chi connectivity index (χ2n) is 4.27. The van der Waals surface area contributed by atoms with Gasteiger partial charge in [-0.05, 0) is 12.1 Å². The van der Waals surface area contributed by atoms with Gasteiger partial charge in [-0.1, -0.05) is 28.9 Å². The molecule has 0 unspecified atom stereocenters. The number of carbonyl (C=O) groups excluding carboxylic acids is 1. The lowest BCUT2D eigenvalue weighted by Crippen LogP contribution is -2.07. The van der Waals surface area contributed by atoms with Crippen LogP contribution in [-0.4, -0.2) is 30.9 Å². The van der Waals surface area contributed by atoms with Gasteiger partial charge in [-0.15, -0.1) is 5.10 Å². The van der Waals surface area contributed by atoms with Crippen LogP contribution in [0.4, 0.5) is 0 Å². The maximum absolute atomic E-state index is 11.7. The van der Waals surface area contributed by atoms with Crippen LogP contribution < -0.4 is 0 Å². The van der Waals surface area contributed by atoms with E-state index in [1.807, 2.05) is 18.2 Å². The SMILES string of the molecule is O=C(OCc1cn(-c2ccccc2Cl)nn1)c1cnccn1. The van der Waals surface area contributed by atoms with Crippen molar-refractivity contribution < 1.29 is 9.53 Å². The number of halogens is 1. The van der Waals surface area contributed by atoms with E-state index in [9.17, 15) is 4.79 Å². The maximum atomic E-state index is 11.7. The highest BCUT2D eigenvalue weighted by Crippen LogP contribution is 2.18. The van der Waals surface area contributed by atoms with Crippen LogP contribution in [0.25, 0.3) is 5.69 Å². The van der Waals surface area contributed by atoms with Gasteiger partial charge < -0.3 is 4.74 Å². The number of rotatable bonds is 4. The highest BCUT2D eigenvalue weighted by Gasteiger charge is 2.11. The Labute approximate surface area is 130 Å². The van der Waals surface area contributed by atoms with Crippen LogP contribution in [0.2, 0.25) is 5.02 Å². The normalized spacial score (nSPS) is 10.4. The van der Waals surface area contributed by atoms with E-state index in [2.05, 4.69) is 20.3 Å². The Morgan fingerprint density at radius 1 is 1.27 bits per heavy atom. The second kappa shape index (κ2) is 6.31. The molecule has 2 heterocycles. The van der Waals surface area contributed by atoms with Gasteiger partial charge in [0, 0.05) is 12.4 Å². The van der Waals surface area contributed by atoms with Gasteiger partial charge in [0.05, 0.1) is 23.1 Å². The molecule has 2 aromatic heterocycles. The van der Waals surface area contributed by atoms with Gasteiger partial charge in [0.15, 0.2) is 5.69 Å². The molecule has 0 aliphatic carbocycles. The number of hydrogen-bond donors (Lipinski definition) is 0. The third-order valence-corrected chi connectivity index (χ3v) is 3.08.